The van der Waals surface area contributed by atoms with Crippen LogP contribution in [0.2, 0.25) is 0 Å². The van der Waals surface area contributed by atoms with Crippen LogP contribution < -0.4 is 10.2 Å². The summed E-state index contributed by atoms with van der Waals surface area (Å²) in [4.78, 5) is 39.4. The predicted octanol–water partition coefficient (Wildman–Crippen LogP) is 2.10. The van der Waals surface area contributed by atoms with Gasteiger partial charge in [0.1, 0.15) is 11.5 Å². The van der Waals surface area contributed by atoms with Crippen molar-refractivity contribution in [1.29, 1.82) is 0 Å². The fraction of sp³-hybridized carbons (Fsp3) is 0.350. The molecular weight excluding hydrogens is 346 g/mol. The molecule has 2 aromatic rings. The Labute approximate surface area is 157 Å². The summed E-state index contributed by atoms with van der Waals surface area (Å²) < 4.78 is 5.45. The van der Waals surface area contributed by atoms with E-state index in [0.717, 1.165) is 17.9 Å². The van der Waals surface area contributed by atoms with E-state index in [0.29, 0.717) is 30.8 Å². The number of benzene rings is 1. The van der Waals surface area contributed by atoms with Crippen molar-refractivity contribution in [2.75, 3.05) is 25.0 Å². The third-order valence-electron chi connectivity index (χ3n) is 4.53. The number of carbonyl (C=O) groups is 3. The van der Waals surface area contributed by atoms with Crippen LogP contribution in [-0.4, -0.2) is 42.8 Å². The highest BCUT2D eigenvalue weighted by Crippen LogP contribution is 2.21. The summed E-state index contributed by atoms with van der Waals surface area (Å²) in [5.74, 6) is 1.05. The first-order valence-corrected chi connectivity index (χ1v) is 8.92. The van der Waals surface area contributed by atoms with Crippen LogP contribution in [0.5, 0.6) is 0 Å². The lowest BCUT2D eigenvalue weighted by Crippen LogP contribution is -2.37. The van der Waals surface area contributed by atoms with E-state index in [1.54, 1.807) is 36.2 Å². The monoisotopic (exact) mass is 369 g/mol. The van der Waals surface area contributed by atoms with Crippen LogP contribution in [-0.2, 0) is 16.1 Å². The number of anilines is 1. The van der Waals surface area contributed by atoms with Crippen molar-refractivity contribution >= 4 is 23.4 Å². The number of nitrogens with one attached hydrogen (secondary N) is 1. The van der Waals surface area contributed by atoms with Gasteiger partial charge in [-0.15, -0.1) is 0 Å². The minimum absolute atomic E-state index is 0.0958. The first kappa shape index (κ1) is 18.7. The highest BCUT2D eigenvalue weighted by molar-refractivity contribution is 5.98. The minimum Gasteiger partial charge on any atom is -0.464 e. The Balaban J connectivity index is 1.51. The summed E-state index contributed by atoms with van der Waals surface area (Å²) in [6.45, 7) is 2.80. The summed E-state index contributed by atoms with van der Waals surface area (Å²) in [5, 5.41) is 2.63. The van der Waals surface area contributed by atoms with Gasteiger partial charge in [-0.05, 0) is 49.7 Å². The molecule has 142 valence electrons. The summed E-state index contributed by atoms with van der Waals surface area (Å²) in [5.41, 5.74) is 1.24. The van der Waals surface area contributed by atoms with E-state index in [9.17, 15) is 14.4 Å². The van der Waals surface area contributed by atoms with Crippen molar-refractivity contribution in [3.05, 3.63) is 53.5 Å². The molecule has 1 aromatic carbocycles. The quantitative estimate of drug-likeness (QED) is 0.845. The zero-order valence-corrected chi connectivity index (χ0v) is 15.5. The van der Waals surface area contributed by atoms with E-state index in [1.807, 2.05) is 19.1 Å². The van der Waals surface area contributed by atoms with Crippen molar-refractivity contribution in [3.8, 4) is 0 Å². The van der Waals surface area contributed by atoms with E-state index in [2.05, 4.69) is 5.32 Å². The van der Waals surface area contributed by atoms with Gasteiger partial charge in [0.25, 0.3) is 5.91 Å². The second-order valence-electron chi connectivity index (χ2n) is 6.64. The van der Waals surface area contributed by atoms with Gasteiger partial charge in [-0.1, -0.05) is 0 Å². The van der Waals surface area contributed by atoms with Gasteiger partial charge in [0, 0.05) is 31.3 Å². The molecule has 1 aromatic heterocycles. The van der Waals surface area contributed by atoms with Crippen molar-refractivity contribution in [2.45, 2.75) is 26.3 Å². The second-order valence-corrected chi connectivity index (χ2v) is 6.64. The normalized spacial score (nSPS) is 13.7. The first-order chi connectivity index (χ1) is 12.9. The van der Waals surface area contributed by atoms with Crippen LogP contribution in [0, 0.1) is 6.92 Å². The molecule has 0 spiro atoms. The molecule has 1 saturated heterocycles. The Bertz CT molecular complexity index is 841. The summed E-state index contributed by atoms with van der Waals surface area (Å²) in [6, 6.07) is 10.5. The lowest BCUT2D eigenvalue weighted by molar-refractivity contribution is -0.129. The van der Waals surface area contributed by atoms with Gasteiger partial charge < -0.3 is 19.5 Å². The van der Waals surface area contributed by atoms with Gasteiger partial charge in [-0.25, -0.2) is 0 Å². The van der Waals surface area contributed by atoms with Crippen molar-refractivity contribution in [1.82, 2.24) is 10.2 Å². The Morgan fingerprint density at radius 2 is 1.93 bits per heavy atom. The van der Waals surface area contributed by atoms with Crippen molar-refractivity contribution in [3.63, 3.8) is 0 Å². The largest absolute Gasteiger partial charge is 0.464 e. The Morgan fingerprint density at radius 1 is 1.19 bits per heavy atom. The lowest BCUT2D eigenvalue weighted by Gasteiger charge is -2.17. The van der Waals surface area contributed by atoms with Gasteiger partial charge in [0.15, 0.2) is 0 Å². The number of aryl methyl sites for hydroxylation is 1. The molecule has 0 radical (unpaired) electrons. The molecule has 1 aliphatic heterocycles. The average Bonchev–Trinajstić information content (AvgIpc) is 3.27. The standard InChI is InChI=1S/C20H23N3O4/c1-14-5-10-17(27-14)13-22(2)19(25)12-21-20(26)15-6-8-16(9-7-15)23-11-3-4-18(23)24/h5-10H,3-4,11-13H2,1-2H3,(H,21,26). The molecule has 0 bridgehead atoms. The number of amides is 3. The Morgan fingerprint density at radius 3 is 2.52 bits per heavy atom. The number of nitrogens with zero attached hydrogens (tertiary/aromatic N) is 2. The van der Waals surface area contributed by atoms with Gasteiger partial charge in [-0.3, -0.25) is 14.4 Å². The molecule has 0 atom stereocenters. The highest BCUT2D eigenvalue weighted by Gasteiger charge is 2.21. The number of furan rings is 1. The van der Waals surface area contributed by atoms with Crippen LogP contribution in [0.4, 0.5) is 5.69 Å². The maximum atomic E-state index is 12.2. The van der Waals surface area contributed by atoms with Crippen molar-refractivity contribution < 1.29 is 18.8 Å². The van der Waals surface area contributed by atoms with Crippen molar-refractivity contribution in [2.24, 2.45) is 0 Å². The number of carbonyl (C=O) groups excluding carboxylic acids is 3. The summed E-state index contributed by atoms with van der Waals surface area (Å²) in [6.07, 6.45) is 1.42. The van der Waals surface area contributed by atoms with Crippen LogP contribution in [0.3, 0.4) is 0 Å². The molecule has 3 amide bonds. The topological polar surface area (TPSA) is 82.9 Å². The second kappa shape index (κ2) is 8.07. The van der Waals surface area contributed by atoms with Crippen LogP contribution >= 0.6 is 0 Å². The van der Waals surface area contributed by atoms with E-state index in [1.165, 1.54) is 4.90 Å². The molecule has 1 aliphatic rings. The first-order valence-electron chi connectivity index (χ1n) is 8.92. The van der Waals surface area contributed by atoms with E-state index in [4.69, 9.17) is 4.42 Å². The molecule has 0 unspecified atom stereocenters. The fourth-order valence-corrected chi connectivity index (χ4v) is 3.00. The molecule has 0 saturated carbocycles. The molecule has 0 aliphatic carbocycles. The van der Waals surface area contributed by atoms with Crippen LogP contribution in [0.15, 0.2) is 40.8 Å². The smallest absolute Gasteiger partial charge is 0.251 e. The molecule has 3 rings (SSSR count). The number of hydrogen-bond acceptors (Lipinski definition) is 4. The van der Waals surface area contributed by atoms with E-state index in [-0.39, 0.29) is 24.3 Å². The Hall–Kier alpha value is -3.09. The zero-order chi connectivity index (χ0) is 19.4. The van der Waals surface area contributed by atoms with E-state index < -0.39 is 0 Å². The minimum atomic E-state index is -0.329. The molecule has 2 heterocycles. The molecule has 1 fully saturated rings. The molecule has 1 N–H and O–H groups in total. The zero-order valence-electron chi connectivity index (χ0n) is 15.5. The van der Waals surface area contributed by atoms with Crippen LogP contribution in [0.25, 0.3) is 0 Å². The van der Waals surface area contributed by atoms with Crippen LogP contribution in [0.1, 0.15) is 34.7 Å². The van der Waals surface area contributed by atoms with Gasteiger partial charge >= 0.3 is 0 Å². The maximum absolute atomic E-state index is 12.2. The highest BCUT2D eigenvalue weighted by atomic mass is 16.3. The molecular formula is C20H23N3O4. The molecule has 27 heavy (non-hydrogen) atoms. The summed E-state index contributed by atoms with van der Waals surface area (Å²) >= 11 is 0. The SMILES string of the molecule is Cc1ccc(CN(C)C(=O)CNC(=O)c2ccc(N3CCCC3=O)cc2)o1. The molecule has 7 heteroatoms. The fourth-order valence-electron chi connectivity index (χ4n) is 3.00. The van der Waals surface area contributed by atoms with Gasteiger partial charge in [-0.2, -0.15) is 0 Å². The Kier molecular flexibility index (Phi) is 5.59. The maximum Gasteiger partial charge on any atom is 0.251 e. The van der Waals surface area contributed by atoms with E-state index >= 15 is 0 Å². The predicted molar refractivity (Wildman–Crippen MR) is 100 cm³/mol. The molecule has 7 nitrogen and oxygen atoms in total. The number of rotatable bonds is 6. The lowest BCUT2D eigenvalue weighted by atomic mass is 10.2. The third kappa shape index (κ3) is 4.55. The number of hydrogen-bond donors (Lipinski definition) is 1. The third-order valence-corrected chi connectivity index (χ3v) is 4.53. The summed E-state index contributed by atoms with van der Waals surface area (Å²) in [7, 11) is 1.66. The number of likely N-dealkylation sites (N-methyl/N-ethyl adjacent to an activating group) is 1. The van der Waals surface area contributed by atoms with Gasteiger partial charge in [0.2, 0.25) is 11.8 Å². The average molecular weight is 369 g/mol. The van der Waals surface area contributed by atoms with Gasteiger partial charge in [0.05, 0.1) is 13.1 Å².